The Bertz CT molecular complexity index is 2190. The molecule has 8 rings (SSSR count). The topological polar surface area (TPSA) is 0 Å². The number of benzene rings is 6. The van der Waals surface area contributed by atoms with E-state index in [4.69, 9.17) is 0 Å². The summed E-state index contributed by atoms with van der Waals surface area (Å²) < 4.78 is 5.53. The molecule has 0 unspecified atom stereocenters. The first-order chi connectivity index (χ1) is 19.7. The van der Waals surface area contributed by atoms with Crippen LogP contribution < -0.4 is 0 Å². The fourth-order valence-electron chi connectivity index (χ4n) is 6.30. The summed E-state index contributed by atoms with van der Waals surface area (Å²) in [7, 11) is 0. The lowest BCUT2D eigenvalue weighted by Crippen LogP contribution is -1.86. The van der Waals surface area contributed by atoms with Crippen LogP contribution in [0, 0.1) is 0 Å². The molecule has 8 aromatic rings. The molecule has 0 aliphatic rings. The molecule has 0 atom stereocenters. The van der Waals surface area contributed by atoms with E-state index in [1.807, 2.05) is 22.7 Å². The molecule has 0 bridgehead atoms. The Morgan fingerprint density at radius 2 is 1.05 bits per heavy atom. The van der Waals surface area contributed by atoms with Crippen molar-refractivity contribution < 1.29 is 0 Å². The quantitative estimate of drug-likeness (QED) is 0.181. The van der Waals surface area contributed by atoms with Crippen LogP contribution in [0.3, 0.4) is 0 Å². The molecule has 6 aromatic carbocycles. The van der Waals surface area contributed by atoms with Gasteiger partial charge in [-0.3, -0.25) is 0 Å². The SMILES string of the molecule is CCCCCCc1ccc2cc3c(cc2c1)sc1cc2c(cc13)sc1cc3cc(-c4ccccc4)ccc3cc12. The maximum atomic E-state index is 2.45. The Morgan fingerprint density at radius 3 is 1.73 bits per heavy atom. The minimum atomic E-state index is 1.19. The molecule has 2 aromatic heterocycles. The average molecular weight is 551 g/mol. The monoisotopic (exact) mass is 550 g/mol. The van der Waals surface area contributed by atoms with E-state index in [1.54, 1.807) is 0 Å². The lowest BCUT2D eigenvalue weighted by Gasteiger charge is -2.05. The molecular weight excluding hydrogens is 521 g/mol. The van der Waals surface area contributed by atoms with Crippen molar-refractivity contribution in [1.29, 1.82) is 0 Å². The highest BCUT2D eigenvalue weighted by Crippen LogP contribution is 2.44. The first kappa shape index (κ1) is 24.1. The zero-order chi connectivity index (χ0) is 26.6. The predicted octanol–water partition coefficient (Wildman–Crippen LogP) is 12.5. The molecule has 0 nitrogen and oxygen atoms in total. The molecule has 0 N–H and O–H groups in total. The number of aryl methyl sites for hydroxylation is 1. The van der Waals surface area contributed by atoms with Crippen LogP contribution in [0.2, 0.25) is 0 Å². The largest absolute Gasteiger partial charge is 0.135 e. The van der Waals surface area contributed by atoms with Crippen molar-refractivity contribution in [1.82, 2.24) is 0 Å². The molecule has 0 saturated carbocycles. The third-order valence-corrected chi connectivity index (χ3v) is 10.7. The fourth-order valence-corrected chi connectivity index (χ4v) is 8.62. The van der Waals surface area contributed by atoms with E-state index in [-0.39, 0.29) is 0 Å². The summed E-state index contributed by atoms with van der Waals surface area (Å²) in [5.41, 5.74) is 4.01. The standard InChI is InChI=1S/C38H30S2/c1-2-3-4-6-9-24-12-13-27-18-31-33-22-38-34(23-37(33)39-35(31)20-29(27)16-24)32-19-28-15-14-26(25-10-7-5-8-11-25)17-30(28)21-36(32)40-38/h5,7-8,10-23H,2-4,6,9H2,1H3. The van der Waals surface area contributed by atoms with E-state index >= 15 is 0 Å². The first-order valence-corrected chi connectivity index (χ1v) is 16.1. The summed E-state index contributed by atoms with van der Waals surface area (Å²) in [5, 5.41) is 10.9. The van der Waals surface area contributed by atoms with Gasteiger partial charge in [0.1, 0.15) is 0 Å². The van der Waals surface area contributed by atoms with Gasteiger partial charge in [0.2, 0.25) is 0 Å². The Balaban J connectivity index is 1.23. The van der Waals surface area contributed by atoms with Crippen molar-refractivity contribution in [2.45, 2.75) is 39.0 Å². The molecule has 2 heterocycles. The smallest absolute Gasteiger partial charge is 0.0362 e. The molecule has 0 spiro atoms. The molecule has 0 amide bonds. The summed E-state index contributed by atoms with van der Waals surface area (Å²) in [5.74, 6) is 0. The number of hydrogen-bond donors (Lipinski definition) is 0. The molecule has 0 aliphatic carbocycles. The number of thiophene rings is 2. The van der Waals surface area contributed by atoms with E-state index in [0.717, 1.165) is 0 Å². The number of rotatable bonds is 6. The Hall–Kier alpha value is -3.72. The zero-order valence-electron chi connectivity index (χ0n) is 22.7. The van der Waals surface area contributed by atoms with Crippen LogP contribution >= 0.6 is 22.7 Å². The van der Waals surface area contributed by atoms with Gasteiger partial charge in [-0.15, -0.1) is 22.7 Å². The maximum absolute atomic E-state index is 2.45. The molecule has 194 valence electrons. The van der Waals surface area contributed by atoms with Crippen molar-refractivity contribution in [3.05, 3.63) is 109 Å². The summed E-state index contributed by atoms with van der Waals surface area (Å²) in [6.07, 6.45) is 6.44. The minimum Gasteiger partial charge on any atom is -0.135 e. The summed E-state index contributed by atoms with van der Waals surface area (Å²) in [6.45, 7) is 2.28. The normalized spacial score (nSPS) is 12.1. The van der Waals surface area contributed by atoms with Gasteiger partial charge in [-0.2, -0.15) is 0 Å². The van der Waals surface area contributed by atoms with Gasteiger partial charge >= 0.3 is 0 Å². The molecule has 0 radical (unpaired) electrons. The Morgan fingerprint density at radius 1 is 0.450 bits per heavy atom. The third kappa shape index (κ3) is 4.10. The number of fused-ring (bicyclic) bond motifs is 8. The third-order valence-electron chi connectivity index (χ3n) is 8.47. The van der Waals surface area contributed by atoms with Gasteiger partial charge in [0.05, 0.1) is 0 Å². The van der Waals surface area contributed by atoms with E-state index in [1.165, 1.54) is 111 Å². The molecule has 0 saturated heterocycles. The molecule has 0 fully saturated rings. The maximum Gasteiger partial charge on any atom is 0.0362 e. The van der Waals surface area contributed by atoms with Crippen LogP contribution in [0.4, 0.5) is 0 Å². The van der Waals surface area contributed by atoms with Gasteiger partial charge < -0.3 is 0 Å². The van der Waals surface area contributed by atoms with E-state index in [2.05, 4.69) is 110 Å². The van der Waals surface area contributed by atoms with Gasteiger partial charge in [0, 0.05) is 40.3 Å². The van der Waals surface area contributed by atoms with Crippen molar-refractivity contribution in [2.24, 2.45) is 0 Å². The highest BCUT2D eigenvalue weighted by molar-refractivity contribution is 7.27. The lowest BCUT2D eigenvalue weighted by atomic mass is 9.99. The van der Waals surface area contributed by atoms with Gasteiger partial charge in [0.25, 0.3) is 0 Å². The molecule has 0 aliphatic heterocycles. The highest BCUT2D eigenvalue weighted by Gasteiger charge is 2.13. The van der Waals surface area contributed by atoms with Crippen LogP contribution in [0.1, 0.15) is 38.2 Å². The van der Waals surface area contributed by atoms with Crippen LogP contribution in [-0.4, -0.2) is 0 Å². The second-order valence-electron chi connectivity index (χ2n) is 11.2. The minimum absolute atomic E-state index is 1.19. The van der Waals surface area contributed by atoms with E-state index in [0.29, 0.717) is 0 Å². The summed E-state index contributed by atoms with van der Waals surface area (Å²) in [6, 6.07) is 39.2. The molecular formula is C38H30S2. The highest BCUT2D eigenvalue weighted by atomic mass is 32.1. The van der Waals surface area contributed by atoms with Gasteiger partial charge in [-0.25, -0.2) is 0 Å². The van der Waals surface area contributed by atoms with Crippen LogP contribution in [0.15, 0.2) is 103 Å². The van der Waals surface area contributed by atoms with E-state index in [9.17, 15) is 0 Å². The zero-order valence-corrected chi connectivity index (χ0v) is 24.3. The van der Waals surface area contributed by atoms with Crippen LogP contribution in [-0.2, 0) is 6.42 Å². The Labute approximate surface area is 242 Å². The lowest BCUT2D eigenvalue weighted by molar-refractivity contribution is 0.667. The van der Waals surface area contributed by atoms with Crippen molar-refractivity contribution in [3.8, 4) is 11.1 Å². The predicted molar refractivity (Wildman–Crippen MR) is 181 cm³/mol. The first-order valence-electron chi connectivity index (χ1n) is 14.5. The van der Waals surface area contributed by atoms with Gasteiger partial charge in [-0.1, -0.05) is 86.8 Å². The second-order valence-corrected chi connectivity index (χ2v) is 13.3. The van der Waals surface area contributed by atoms with Crippen molar-refractivity contribution >= 4 is 84.6 Å². The fraction of sp³-hybridized carbons (Fsp3) is 0.158. The molecule has 40 heavy (non-hydrogen) atoms. The van der Waals surface area contributed by atoms with Crippen LogP contribution in [0.5, 0.6) is 0 Å². The number of unbranched alkanes of at least 4 members (excludes halogenated alkanes) is 3. The van der Waals surface area contributed by atoms with Gasteiger partial charge in [-0.05, 0) is 93.5 Å². The molecule has 2 heteroatoms. The van der Waals surface area contributed by atoms with Crippen LogP contribution in [0.25, 0.3) is 73.0 Å². The second kappa shape index (κ2) is 9.73. The Kier molecular flexibility index (Phi) is 5.86. The van der Waals surface area contributed by atoms with E-state index < -0.39 is 0 Å². The van der Waals surface area contributed by atoms with Crippen molar-refractivity contribution in [3.63, 3.8) is 0 Å². The average Bonchev–Trinajstić information content (AvgIpc) is 3.51. The number of hydrogen-bond acceptors (Lipinski definition) is 2. The summed E-state index contributed by atoms with van der Waals surface area (Å²) in [4.78, 5) is 0. The van der Waals surface area contributed by atoms with Crippen molar-refractivity contribution in [2.75, 3.05) is 0 Å². The summed E-state index contributed by atoms with van der Waals surface area (Å²) >= 11 is 3.87. The van der Waals surface area contributed by atoms with Gasteiger partial charge in [0.15, 0.2) is 0 Å².